The van der Waals surface area contributed by atoms with E-state index in [1.165, 1.54) is 16.6 Å². The Hall–Kier alpha value is -0.755. The van der Waals surface area contributed by atoms with E-state index in [-0.39, 0.29) is 0 Å². The van der Waals surface area contributed by atoms with Crippen molar-refractivity contribution in [1.82, 2.24) is 5.23 Å². The van der Waals surface area contributed by atoms with E-state index >= 15 is 0 Å². The lowest BCUT2D eigenvalue weighted by atomic mass is 9.56. The maximum Gasteiger partial charge on any atom is 0.251 e. The molecule has 0 atom stereocenters. The van der Waals surface area contributed by atoms with Gasteiger partial charge in [0.25, 0.3) is 6.85 Å². The van der Waals surface area contributed by atoms with Gasteiger partial charge < -0.3 is 5.23 Å². The lowest BCUT2D eigenvalue weighted by Gasteiger charge is -2.13. The summed E-state index contributed by atoms with van der Waals surface area (Å²) in [6, 6.07) is 6.43. The van der Waals surface area contributed by atoms with Crippen LogP contribution < -0.4 is 10.7 Å². The van der Waals surface area contributed by atoms with E-state index in [0.717, 1.165) is 0 Å². The monoisotopic (exact) mass is 161 g/mol. The highest BCUT2D eigenvalue weighted by molar-refractivity contribution is 6.70. The van der Waals surface area contributed by atoms with Crippen molar-refractivity contribution in [2.45, 2.75) is 20.7 Å². The molecule has 0 bridgehead atoms. The minimum Gasteiger partial charge on any atom is -0.355 e. The van der Waals surface area contributed by atoms with Crippen LogP contribution >= 0.6 is 0 Å². The third-order valence-electron chi connectivity index (χ3n) is 2.41. The van der Waals surface area contributed by atoms with E-state index in [1.54, 1.807) is 0 Å². The molecule has 0 saturated carbocycles. The highest BCUT2D eigenvalue weighted by Gasteiger charge is 2.12. The lowest BCUT2D eigenvalue weighted by molar-refractivity contribution is 1.21. The van der Waals surface area contributed by atoms with Gasteiger partial charge in [-0.3, -0.25) is 0 Å². The average molecular weight is 161 g/mol. The number of aryl methyl sites for hydroxylation is 2. The van der Waals surface area contributed by atoms with E-state index in [2.05, 4.69) is 44.1 Å². The van der Waals surface area contributed by atoms with E-state index in [1.807, 2.05) is 7.05 Å². The van der Waals surface area contributed by atoms with Gasteiger partial charge in [-0.25, -0.2) is 0 Å². The molecule has 1 aromatic carbocycles. The zero-order valence-corrected chi connectivity index (χ0v) is 8.31. The molecule has 0 aliphatic carbocycles. The Balaban J connectivity index is 3.12. The smallest absolute Gasteiger partial charge is 0.251 e. The Kier molecular flexibility index (Phi) is 2.93. The summed E-state index contributed by atoms with van der Waals surface area (Å²) >= 11 is 0. The highest BCUT2D eigenvalue weighted by atomic mass is 14.7. The predicted octanol–water partition coefficient (Wildman–Crippen LogP) is 1.35. The molecule has 0 heterocycles. The molecule has 1 N–H and O–H groups in total. The van der Waals surface area contributed by atoms with Crippen molar-refractivity contribution in [3.63, 3.8) is 0 Å². The van der Waals surface area contributed by atoms with Crippen molar-refractivity contribution >= 4 is 12.3 Å². The molecule has 64 valence electrons. The van der Waals surface area contributed by atoms with Crippen LogP contribution in [-0.4, -0.2) is 13.9 Å². The largest absolute Gasteiger partial charge is 0.355 e. The first-order chi connectivity index (χ1) is 5.66. The third-order valence-corrected chi connectivity index (χ3v) is 2.41. The van der Waals surface area contributed by atoms with Gasteiger partial charge in [0.15, 0.2) is 0 Å². The summed E-state index contributed by atoms with van der Waals surface area (Å²) < 4.78 is 0. The summed E-state index contributed by atoms with van der Waals surface area (Å²) in [5.74, 6) is 0. The molecule has 2 heteroatoms. The van der Waals surface area contributed by atoms with Gasteiger partial charge >= 0.3 is 0 Å². The Bertz CT molecular complexity index is 250. The van der Waals surface area contributed by atoms with Gasteiger partial charge in [-0.2, -0.15) is 0 Å². The second-order valence-electron chi connectivity index (χ2n) is 3.32. The Morgan fingerprint density at radius 2 is 1.67 bits per heavy atom. The molecule has 1 aromatic rings. The van der Waals surface area contributed by atoms with Crippen LogP contribution in [0, 0.1) is 13.8 Å². The van der Waals surface area contributed by atoms with Gasteiger partial charge in [-0.1, -0.05) is 41.6 Å². The van der Waals surface area contributed by atoms with Crippen LogP contribution in [0.1, 0.15) is 11.1 Å². The lowest BCUT2D eigenvalue weighted by Crippen LogP contribution is -2.42. The maximum absolute atomic E-state index is 3.26. The number of rotatable bonds is 2. The zero-order chi connectivity index (χ0) is 9.14. The zero-order valence-electron chi connectivity index (χ0n) is 8.31. The van der Waals surface area contributed by atoms with Crippen LogP contribution in [-0.2, 0) is 0 Å². The van der Waals surface area contributed by atoms with Gasteiger partial charge in [0.2, 0.25) is 0 Å². The van der Waals surface area contributed by atoms with Gasteiger partial charge in [0.05, 0.1) is 0 Å². The molecule has 0 fully saturated rings. The van der Waals surface area contributed by atoms with Crippen LogP contribution in [0.3, 0.4) is 0 Å². The fraction of sp³-hybridized carbons (Fsp3) is 0.400. The van der Waals surface area contributed by atoms with Gasteiger partial charge in [0, 0.05) is 0 Å². The van der Waals surface area contributed by atoms with Crippen molar-refractivity contribution in [2.24, 2.45) is 0 Å². The van der Waals surface area contributed by atoms with E-state index in [4.69, 9.17) is 0 Å². The molecule has 1 rings (SSSR count). The molecule has 0 aliphatic rings. The van der Waals surface area contributed by atoms with Crippen LogP contribution in [0.2, 0.25) is 6.82 Å². The van der Waals surface area contributed by atoms with Crippen molar-refractivity contribution in [2.75, 3.05) is 7.05 Å². The summed E-state index contributed by atoms with van der Waals surface area (Å²) in [6.07, 6.45) is 0. The molecule has 0 aromatic heterocycles. The molecule has 0 amide bonds. The van der Waals surface area contributed by atoms with Crippen LogP contribution in [0.5, 0.6) is 0 Å². The molecule has 0 spiro atoms. The highest BCUT2D eigenvalue weighted by Crippen LogP contribution is 2.00. The van der Waals surface area contributed by atoms with E-state index in [0.29, 0.717) is 6.85 Å². The van der Waals surface area contributed by atoms with Crippen molar-refractivity contribution in [3.05, 3.63) is 29.3 Å². The molecule has 0 radical (unpaired) electrons. The van der Waals surface area contributed by atoms with E-state index < -0.39 is 0 Å². The fourth-order valence-corrected chi connectivity index (χ4v) is 1.65. The topological polar surface area (TPSA) is 12.0 Å². The number of hydrogen-bond donors (Lipinski definition) is 1. The summed E-state index contributed by atoms with van der Waals surface area (Å²) in [6.45, 7) is 6.97. The van der Waals surface area contributed by atoms with E-state index in [9.17, 15) is 0 Å². The Labute approximate surface area is 75.3 Å². The van der Waals surface area contributed by atoms with Crippen LogP contribution in [0.4, 0.5) is 0 Å². The van der Waals surface area contributed by atoms with Crippen molar-refractivity contribution in [3.8, 4) is 0 Å². The molecular weight excluding hydrogens is 145 g/mol. The second kappa shape index (κ2) is 3.77. The van der Waals surface area contributed by atoms with Gasteiger partial charge in [-0.15, -0.1) is 0 Å². The standard InChI is InChI=1S/C10H16BN/c1-8-6-5-7-9(2)10(8)11(3)12-4/h5-7,12H,1-4H3. The molecular formula is C10H16BN. The number of nitrogens with one attached hydrogen (secondary N) is 1. The summed E-state index contributed by atoms with van der Waals surface area (Å²) in [5.41, 5.74) is 4.17. The fourth-order valence-electron chi connectivity index (χ4n) is 1.65. The number of hydrogen-bond acceptors (Lipinski definition) is 1. The molecule has 0 unspecified atom stereocenters. The molecule has 0 aliphatic heterocycles. The molecule has 0 saturated heterocycles. The van der Waals surface area contributed by atoms with Gasteiger partial charge in [-0.05, 0) is 20.9 Å². The predicted molar refractivity (Wildman–Crippen MR) is 56.2 cm³/mol. The number of benzene rings is 1. The van der Waals surface area contributed by atoms with Gasteiger partial charge in [0.1, 0.15) is 0 Å². The minimum absolute atomic E-state index is 0.450. The first-order valence-electron chi connectivity index (χ1n) is 4.40. The maximum atomic E-state index is 3.26. The second-order valence-corrected chi connectivity index (χ2v) is 3.32. The summed E-state index contributed by atoms with van der Waals surface area (Å²) in [7, 11) is 2.00. The quantitative estimate of drug-likeness (QED) is 0.645. The first kappa shape index (κ1) is 9.33. The summed E-state index contributed by atoms with van der Waals surface area (Å²) in [4.78, 5) is 0. The molecule has 1 nitrogen and oxygen atoms in total. The Morgan fingerprint density at radius 3 is 2.08 bits per heavy atom. The summed E-state index contributed by atoms with van der Waals surface area (Å²) in [5, 5.41) is 3.26. The molecule has 12 heavy (non-hydrogen) atoms. The minimum atomic E-state index is 0.450. The normalized spacial score (nSPS) is 10.0. The van der Waals surface area contributed by atoms with Crippen molar-refractivity contribution < 1.29 is 0 Å². The van der Waals surface area contributed by atoms with Crippen LogP contribution in [0.15, 0.2) is 18.2 Å². The SMILES string of the molecule is CNB(C)c1c(C)cccc1C. The first-order valence-corrected chi connectivity index (χ1v) is 4.40. The third kappa shape index (κ3) is 1.70. The van der Waals surface area contributed by atoms with Crippen molar-refractivity contribution in [1.29, 1.82) is 0 Å². The van der Waals surface area contributed by atoms with Crippen LogP contribution in [0.25, 0.3) is 0 Å². The Morgan fingerprint density at radius 1 is 1.17 bits per heavy atom. The average Bonchev–Trinajstić information content (AvgIpc) is 2.03.